The molecule has 1 rings (SSSR count). The fraction of sp³-hybridized carbons (Fsp3) is 0.417. The molecule has 86 valence electrons. The fourth-order valence-electron chi connectivity index (χ4n) is 1.39. The monoisotopic (exact) mass is 282 g/mol. The zero-order valence-electron chi connectivity index (χ0n) is 9.24. The Morgan fingerprint density at radius 1 is 1.56 bits per heavy atom. The van der Waals surface area contributed by atoms with Gasteiger partial charge >= 0.3 is 0 Å². The highest BCUT2D eigenvalue weighted by atomic mass is 79.9. The van der Waals surface area contributed by atoms with Crippen LogP contribution in [0.1, 0.15) is 18.9 Å². The molecule has 0 amide bonds. The van der Waals surface area contributed by atoms with E-state index in [1.165, 1.54) is 0 Å². The Morgan fingerprint density at radius 2 is 2.31 bits per heavy atom. The van der Waals surface area contributed by atoms with Gasteiger partial charge in [0.15, 0.2) is 6.61 Å². The molecule has 0 aliphatic rings. The maximum absolute atomic E-state index is 8.49. The Kier molecular flexibility index (Phi) is 5.30. The Labute approximate surface area is 104 Å². The molecule has 0 spiro atoms. The van der Waals surface area contributed by atoms with E-state index in [2.05, 4.69) is 22.9 Å². The molecule has 4 heteroatoms. The van der Waals surface area contributed by atoms with Gasteiger partial charge in [-0.1, -0.05) is 22.9 Å². The molecule has 0 fully saturated rings. The summed E-state index contributed by atoms with van der Waals surface area (Å²) >= 11 is 3.41. The number of ether oxygens (including phenoxy) is 1. The molecular weight excluding hydrogens is 268 g/mol. The molecule has 1 atom stereocenters. The molecule has 0 aliphatic carbocycles. The Hall–Kier alpha value is -1.05. The van der Waals surface area contributed by atoms with Gasteiger partial charge in [0.2, 0.25) is 0 Å². The summed E-state index contributed by atoms with van der Waals surface area (Å²) in [6, 6.07) is 7.83. The standard InChI is InChI=1S/C12H15BrN2O/c1-2-11(15)8-9-7-10(13)3-4-12(9)16-6-5-14/h3-4,7,11H,2,6,8,15H2,1H3. The summed E-state index contributed by atoms with van der Waals surface area (Å²) in [4.78, 5) is 0. The predicted octanol–water partition coefficient (Wildman–Crippen LogP) is 2.63. The zero-order chi connectivity index (χ0) is 12.0. The van der Waals surface area contributed by atoms with E-state index in [0.717, 1.165) is 28.6 Å². The van der Waals surface area contributed by atoms with Gasteiger partial charge < -0.3 is 10.5 Å². The molecule has 0 heterocycles. The molecule has 0 bridgehead atoms. The van der Waals surface area contributed by atoms with Crippen LogP contribution in [0.5, 0.6) is 5.75 Å². The summed E-state index contributed by atoms with van der Waals surface area (Å²) in [5.41, 5.74) is 6.96. The van der Waals surface area contributed by atoms with Crippen molar-refractivity contribution in [2.45, 2.75) is 25.8 Å². The molecule has 2 N–H and O–H groups in total. The van der Waals surface area contributed by atoms with Gasteiger partial charge in [0.05, 0.1) is 0 Å². The highest BCUT2D eigenvalue weighted by Crippen LogP contribution is 2.24. The van der Waals surface area contributed by atoms with E-state index in [9.17, 15) is 0 Å². The maximum atomic E-state index is 8.49. The number of nitrogens with zero attached hydrogens (tertiary/aromatic N) is 1. The third-order valence-electron chi connectivity index (χ3n) is 2.32. The highest BCUT2D eigenvalue weighted by Gasteiger charge is 2.08. The smallest absolute Gasteiger partial charge is 0.174 e. The van der Waals surface area contributed by atoms with Crippen molar-refractivity contribution in [2.75, 3.05) is 6.61 Å². The third kappa shape index (κ3) is 3.84. The van der Waals surface area contributed by atoms with Crippen LogP contribution in [0, 0.1) is 11.3 Å². The van der Waals surface area contributed by atoms with Gasteiger partial charge in [-0.2, -0.15) is 5.26 Å². The van der Waals surface area contributed by atoms with Crippen LogP contribution in [0.4, 0.5) is 0 Å². The molecule has 0 saturated carbocycles. The van der Waals surface area contributed by atoms with Crippen molar-refractivity contribution in [3.63, 3.8) is 0 Å². The summed E-state index contributed by atoms with van der Waals surface area (Å²) in [6.07, 6.45) is 1.68. The second-order valence-electron chi connectivity index (χ2n) is 3.57. The van der Waals surface area contributed by atoms with Crippen molar-refractivity contribution in [2.24, 2.45) is 5.73 Å². The number of nitrogens with two attached hydrogens (primary N) is 1. The van der Waals surface area contributed by atoms with Gasteiger partial charge in [-0.3, -0.25) is 0 Å². The maximum Gasteiger partial charge on any atom is 0.174 e. The van der Waals surface area contributed by atoms with Crippen LogP contribution >= 0.6 is 15.9 Å². The molecule has 16 heavy (non-hydrogen) atoms. The molecular formula is C12H15BrN2O. The molecule has 0 aromatic heterocycles. The van der Waals surface area contributed by atoms with Crippen LogP contribution in [0.3, 0.4) is 0 Å². The number of nitriles is 1. The van der Waals surface area contributed by atoms with Crippen LogP contribution < -0.4 is 10.5 Å². The average molecular weight is 283 g/mol. The Morgan fingerprint density at radius 3 is 2.94 bits per heavy atom. The minimum atomic E-state index is 0.0655. The van der Waals surface area contributed by atoms with E-state index < -0.39 is 0 Å². The summed E-state index contributed by atoms with van der Waals surface area (Å²) in [7, 11) is 0. The minimum Gasteiger partial charge on any atom is -0.478 e. The van der Waals surface area contributed by atoms with Crippen LogP contribution in [-0.2, 0) is 6.42 Å². The van der Waals surface area contributed by atoms with Crippen molar-refractivity contribution >= 4 is 15.9 Å². The largest absolute Gasteiger partial charge is 0.478 e. The fourth-order valence-corrected chi connectivity index (χ4v) is 1.79. The minimum absolute atomic E-state index is 0.0655. The lowest BCUT2D eigenvalue weighted by Crippen LogP contribution is -2.21. The lowest BCUT2D eigenvalue weighted by Gasteiger charge is -2.13. The summed E-state index contributed by atoms with van der Waals surface area (Å²) in [5, 5.41) is 8.49. The second kappa shape index (κ2) is 6.51. The first-order valence-electron chi connectivity index (χ1n) is 5.21. The lowest BCUT2D eigenvalue weighted by atomic mass is 10.0. The topological polar surface area (TPSA) is 59.0 Å². The van der Waals surface area contributed by atoms with E-state index in [1.807, 2.05) is 24.3 Å². The molecule has 1 unspecified atom stereocenters. The molecule has 1 aromatic carbocycles. The van der Waals surface area contributed by atoms with E-state index in [-0.39, 0.29) is 12.6 Å². The van der Waals surface area contributed by atoms with E-state index in [0.29, 0.717) is 0 Å². The van der Waals surface area contributed by atoms with Crippen LogP contribution in [0.2, 0.25) is 0 Å². The Balaban J connectivity index is 2.85. The lowest BCUT2D eigenvalue weighted by molar-refractivity contribution is 0.362. The first kappa shape index (κ1) is 13.0. The number of hydrogen-bond donors (Lipinski definition) is 1. The van der Waals surface area contributed by atoms with Gasteiger partial charge in [0, 0.05) is 10.5 Å². The highest BCUT2D eigenvalue weighted by molar-refractivity contribution is 9.10. The first-order valence-corrected chi connectivity index (χ1v) is 6.00. The van der Waals surface area contributed by atoms with E-state index in [4.69, 9.17) is 15.7 Å². The second-order valence-corrected chi connectivity index (χ2v) is 4.49. The van der Waals surface area contributed by atoms with Crippen molar-refractivity contribution in [1.82, 2.24) is 0 Å². The predicted molar refractivity (Wildman–Crippen MR) is 67.2 cm³/mol. The number of rotatable bonds is 5. The molecule has 1 aromatic rings. The Bertz CT molecular complexity index is 387. The van der Waals surface area contributed by atoms with Gasteiger partial charge in [-0.15, -0.1) is 0 Å². The van der Waals surface area contributed by atoms with Crippen LogP contribution in [0.25, 0.3) is 0 Å². The normalized spacial score (nSPS) is 11.9. The molecule has 0 aliphatic heterocycles. The van der Waals surface area contributed by atoms with Crippen molar-refractivity contribution < 1.29 is 4.74 Å². The van der Waals surface area contributed by atoms with Gasteiger partial charge in [0.1, 0.15) is 11.8 Å². The van der Waals surface area contributed by atoms with Crippen LogP contribution in [-0.4, -0.2) is 12.6 Å². The van der Waals surface area contributed by atoms with Gasteiger partial charge in [0.25, 0.3) is 0 Å². The summed E-state index contributed by atoms with van der Waals surface area (Å²) < 4.78 is 6.34. The molecule has 0 radical (unpaired) electrons. The molecule has 3 nitrogen and oxygen atoms in total. The summed E-state index contributed by atoms with van der Waals surface area (Å²) in [5.74, 6) is 0.744. The zero-order valence-corrected chi connectivity index (χ0v) is 10.8. The van der Waals surface area contributed by atoms with Crippen molar-refractivity contribution in [1.29, 1.82) is 5.26 Å². The first-order chi connectivity index (χ1) is 7.67. The number of hydrogen-bond acceptors (Lipinski definition) is 3. The van der Waals surface area contributed by atoms with Gasteiger partial charge in [-0.05, 0) is 36.6 Å². The van der Waals surface area contributed by atoms with Crippen molar-refractivity contribution in [3.8, 4) is 11.8 Å². The quantitative estimate of drug-likeness (QED) is 0.903. The van der Waals surface area contributed by atoms with Gasteiger partial charge in [-0.25, -0.2) is 0 Å². The average Bonchev–Trinajstić information content (AvgIpc) is 2.28. The SMILES string of the molecule is CCC(N)Cc1cc(Br)ccc1OCC#N. The number of benzene rings is 1. The third-order valence-corrected chi connectivity index (χ3v) is 2.81. The van der Waals surface area contributed by atoms with E-state index in [1.54, 1.807) is 0 Å². The molecule has 0 saturated heterocycles. The van der Waals surface area contributed by atoms with Crippen LogP contribution in [0.15, 0.2) is 22.7 Å². The van der Waals surface area contributed by atoms with E-state index >= 15 is 0 Å². The van der Waals surface area contributed by atoms with Crippen molar-refractivity contribution in [3.05, 3.63) is 28.2 Å². The summed E-state index contributed by atoms with van der Waals surface area (Å²) in [6.45, 7) is 2.12. The number of halogens is 1.